The van der Waals surface area contributed by atoms with Gasteiger partial charge >= 0.3 is 12.1 Å². The normalized spacial score (nSPS) is 14.6. The zero-order chi connectivity index (χ0) is 18.4. The van der Waals surface area contributed by atoms with E-state index in [1.165, 1.54) is 12.0 Å². The molecule has 1 atom stereocenters. The summed E-state index contributed by atoms with van der Waals surface area (Å²) in [5, 5.41) is 0. The molecule has 0 saturated heterocycles. The summed E-state index contributed by atoms with van der Waals surface area (Å²) >= 11 is 0. The van der Waals surface area contributed by atoms with Crippen molar-refractivity contribution in [3.63, 3.8) is 0 Å². The first kappa shape index (κ1) is 21.7. The van der Waals surface area contributed by atoms with E-state index in [0.717, 1.165) is 0 Å². The molecule has 0 aliphatic carbocycles. The molecule has 0 bridgehead atoms. The molecule has 0 aromatic rings. The van der Waals surface area contributed by atoms with Gasteiger partial charge in [-0.1, -0.05) is 27.7 Å². The maximum Gasteiger partial charge on any atom is 0.413 e. The number of esters is 1. The number of hydrogen-bond donors (Lipinski definition) is 0. The highest BCUT2D eigenvalue weighted by Gasteiger charge is 2.48. The van der Waals surface area contributed by atoms with Gasteiger partial charge in [0.2, 0.25) is 0 Å². The molecular weight excluding hydrogens is 298 g/mol. The van der Waals surface area contributed by atoms with Crippen molar-refractivity contribution in [3.05, 3.63) is 0 Å². The first-order chi connectivity index (χ1) is 10.4. The third-order valence-electron chi connectivity index (χ3n) is 3.52. The average molecular weight is 331 g/mol. The van der Waals surface area contributed by atoms with Crippen LogP contribution in [0.25, 0.3) is 0 Å². The maximum atomic E-state index is 12.7. The number of methoxy groups -OCH3 is 1. The van der Waals surface area contributed by atoms with Crippen LogP contribution in [-0.2, 0) is 19.0 Å². The lowest BCUT2D eigenvalue weighted by molar-refractivity contribution is -0.165. The van der Waals surface area contributed by atoms with Crippen LogP contribution >= 0.6 is 0 Å². The molecule has 0 unspecified atom stereocenters. The van der Waals surface area contributed by atoms with Gasteiger partial charge in [-0.25, -0.2) is 9.59 Å². The van der Waals surface area contributed by atoms with E-state index in [-0.39, 0.29) is 18.6 Å². The predicted octanol–water partition coefficient (Wildman–Crippen LogP) is 3.44. The van der Waals surface area contributed by atoms with Gasteiger partial charge in [0.25, 0.3) is 0 Å². The summed E-state index contributed by atoms with van der Waals surface area (Å²) in [6.45, 7) is 14.9. The second-order valence-corrected chi connectivity index (χ2v) is 7.62. The van der Waals surface area contributed by atoms with E-state index < -0.39 is 23.2 Å². The van der Waals surface area contributed by atoms with E-state index in [1.54, 1.807) is 27.7 Å². The van der Waals surface area contributed by atoms with Gasteiger partial charge in [-0.05, 0) is 39.5 Å². The van der Waals surface area contributed by atoms with E-state index in [4.69, 9.17) is 14.2 Å². The Balaban J connectivity index is 5.53. The van der Waals surface area contributed by atoms with E-state index in [2.05, 4.69) is 0 Å². The smallest absolute Gasteiger partial charge is 0.413 e. The van der Waals surface area contributed by atoms with Crippen LogP contribution in [-0.4, -0.2) is 48.5 Å². The molecule has 136 valence electrons. The fraction of sp³-hybridized carbons (Fsp3) is 0.882. The molecule has 0 N–H and O–H groups in total. The Morgan fingerprint density at radius 1 is 1.04 bits per heavy atom. The summed E-state index contributed by atoms with van der Waals surface area (Å²) < 4.78 is 15.9. The zero-order valence-corrected chi connectivity index (χ0v) is 16.1. The third-order valence-corrected chi connectivity index (χ3v) is 3.52. The Bertz CT molecular complexity index is 400. The molecule has 23 heavy (non-hydrogen) atoms. The highest BCUT2D eigenvalue weighted by molar-refractivity contribution is 5.85. The van der Waals surface area contributed by atoms with Crippen LogP contribution in [0, 0.1) is 11.8 Å². The van der Waals surface area contributed by atoms with Gasteiger partial charge in [-0.3, -0.25) is 4.90 Å². The lowest BCUT2D eigenvalue weighted by Gasteiger charge is -2.41. The summed E-state index contributed by atoms with van der Waals surface area (Å²) in [6.07, 6.45) is -0.600. The molecule has 6 nitrogen and oxygen atoms in total. The highest BCUT2D eigenvalue weighted by atomic mass is 16.6. The minimum Gasteiger partial charge on any atom is -0.464 e. The van der Waals surface area contributed by atoms with Gasteiger partial charge in [0.1, 0.15) is 17.9 Å². The number of rotatable bonds is 7. The molecule has 0 fully saturated rings. The number of carbonyl (C=O) groups is 2. The Labute approximate surface area is 140 Å². The lowest BCUT2D eigenvalue weighted by atomic mass is 9.87. The number of nitrogens with zero attached hydrogens (tertiary/aromatic N) is 1. The van der Waals surface area contributed by atoms with Crippen molar-refractivity contribution in [1.82, 2.24) is 4.90 Å². The molecule has 0 aliphatic rings. The molecule has 0 aromatic carbocycles. The van der Waals surface area contributed by atoms with Crippen molar-refractivity contribution in [1.29, 1.82) is 0 Å². The van der Waals surface area contributed by atoms with Gasteiger partial charge in [-0.15, -0.1) is 0 Å². The Morgan fingerprint density at radius 2 is 1.57 bits per heavy atom. The van der Waals surface area contributed by atoms with Crippen molar-refractivity contribution >= 4 is 12.1 Å². The van der Waals surface area contributed by atoms with E-state index in [1.807, 2.05) is 27.7 Å². The number of hydrogen-bond acceptors (Lipinski definition) is 5. The van der Waals surface area contributed by atoms with Gasteiger partial charge in [-0.2, -0.15) is 0 Å². The van der Waals surface area contributed by atoms with Crippen molar-refractivity contribution < 1.29 is 23.8 Å². The number of amides is 1. The summed E-state index contributed by atoms with van der Waals surface area (Å²) in [6, 6.07) is 0. The number of carbonyl (C=O) groups excluding carboxylic acids is 2. The second-order valence-electron chi connectivity index (χ2n) is 7.62. The Morgan fingerprint density at radius 3 is 1.91 bits per heavy atom. The molecule has 0 heterocycles. The number of ether oxygens (including phenoxy) is 3. The average Bonchev–Trinajstić information content (AvgIpc) is 2.38. The standard InChI is InChI=1S/C17H33NO5/c1-12(2)10-22-14(19)17(8,13(3)4)18(11-21-9)15(20)23-16(5,6)7/h12-13H,10-11H2,1-9H3/t17-/m0/s1. The van der Waals surface area contributed by atoms with Crippen LogP contribution in [0.1, 0.15) is 55.4 Å². The summed E-state index contributed by atoms with van der Waals surface area (Å²) in [7, 11) is 1.47. The summed E-state index contributed by atoms with van der Waals surface area (Å²) in [4.78, 5) is 26.5. The first-order valence-corrected chi connectivity index (χ1v) is 8.03. The van der Waals surface area contributed by atoms with Crippen molar-refractivity contribution in [2.45, 2.75) is 66.5 Å². The van der Waals surface area contributed by atoms with E-state index in [9.17, 15) is 9.59 Å². The minimum atomic E-state index is -1.17. The van der Waals surface area contributed by atoms with Crippen LogP contribution in [0.5, 0.6) is 0 Å². The quantitative estimate of drug-likeness (QED) is 0.528. The lowest BCUT2D eigenvalue weighted by Crippen LogP contribution is -2.60. The van der Waals surface area contributed by atoms with Crippen molar-refractivity contribution in [3.8, 4) is 0 Å². The topological polar surface area (TPSA) is 65.1 Å². The molecule has 0 aliphatic heterocycles. The molecular formula is C17H33NO5. The Hall–Kier alpha value is -1.30. The molecule has 1 amide bonds. The minimum absolute atomic E-state index is 0.0552. The van der Waals surface area contributed by atoms with Crippen molar-refractivity contribution in [2.24, 2.45) is 11.8 Å². The van der Waals surface area contributed by atoms with Crippen LogP contribution in [0.3, 0.4) is 0 Å². The van der Waals surface area contributed by atoms with Gasteiger partial charge < -0.3 is 14.2 Å². The van der Waals surface area contributed by atoms with Crippen LogP contribution in [0.2, 0.25) is 0 Å². The van der Waals surface area contributed by atoms with Gasteiger partial charge in [0.15, 0.2) is 0 Å². The highest BCUT2D eigenvalue weighted by Crippen LogP contribution is 2.28. The van der Waals surface area contributed by atoms with Gasteiger partial charge in [0, 0.05) is 7.11 Å². The van der Waals surface area contributed by atoms with Crippen LogP contribution in [0.4, 0.5) is 4.79 Å². The first-order valence-electron chi connectivity index (χ1n) is 8.03. The summed E-state index contributed by atoms with van der Waals surface area (Å²) in [5.74, 6) is -0.415. The van der Waals surface area contributed by atoms with Crippen molar-refractivity contribution in [2.75, 3.05) is 20.4 Å². The Kier molecular flexibility index (Phi) is 8.04. The predicted molar refractivity (Wildman–Crippen MR) is 89.0 cm³/mol. The van der Waals surface area contributed by atoms with Gasteiger partial charge in [0.05, 0.1) is 6.61 Å². The zero-order valence-electron chi connectivity index (χ0n) is 16.1. The molecule has 0 spiro atoms. The molecule has 0 rings (SSSR count). The SMILES string of the molecule is COCN(C(=O)OC(C)(C)C)[C@](C)(C(=O)OCC(C)C)C(C)C. The van der Waals surface area contributed by atoms with Crippen LogP contribution in [0.15, 0.2) is 0 Å². The molecule has 0 radical (unpaired) electrons. The fourth-order valence-electron chi connectivity index (χ4n) is 1.87. The van der Waals surface area contributed by atoms with Crippen LogP contribution < -0.4 is 0 Å². The van der Waals surface area contributed by atoms with E-state index in [0.29, 0.717) is 6.61 Å². The molecule has 6 heteroatoms. The molecule has 0 aromatic heterocycles. The summed E-state index contributed by atoms with van der Waals surface area (Å²) in [5.41, 5.74) is -1.84. The molecule has 0 saturated carbocycles. The second kappa shape index (κ2) is 8.52. The largest absolute Gasteiger partial charge is 0.464 e. The monoisotopic (exact) mass is 331 g/mol. The third kappa shape index (κ3) is 6.37. The fourth-order valence-corrected chi connectivity index (χ4v) is 1.87. The van der Waals surface area contributed by atoms with E-state index >= 15 is 0 Å². The maximum absolute atomic E-state index is 12.7.